The van der Waals surface area contributed by atoms with Gasteiger partial charge in [-0.1, -0.05) is 0 Å². The smallest absolute Gasteiger partial charge is 0.171 e. The van der Waals surface area contributed by atoms with E-state index in [2.05, 4.69) is 5.32 Å². The number of rotatable bonds is 0. The van der Waals surface area contributed by atoms with Crippen LogP contribution in [0.2, 0.25) is 0 Å². The van der Waals surface area contributed by atoms with Gasteiger partial charge in [0.05, 0.1) is 6.61 Å². The zero-order valence-electron chi connectivity index (χ0n) is 5.83. The van der Waals surface area contributed by atoms with Gasteiger partial charge in [-0.2, -0.15) is 0 Å². The molecule has 2 saturated heterocycles. The second kappa shape index (κ2) is 1.92. The van der Waals surface area contributed by atoms with E-state index in [1.165, 1.54) is 0 Å². The van der Waals surface area contributed by atoms with Gasteiger partial charge in [0.1, 0.15) is 11.8 Å². The Morgan fingerprint density at radius 2 is 2.50 bits per heavy atom. The Morgan fingerprint density at radius 1 is 1.70 bits per heavy atom. The molecule has 4 heteroatoms. The standard InChI is InChI=1S/C6H11NO3/c1-6-3-9-4(10-6)2-7-5(6)8/h4-5,7-8H,2-3H2,1H3. The summed E-state index contributed by atoms with van der Waals surface area (Å²) in [6, 6.07) is 0. The molecule has 0 aromatic rings. The van der Waals surface area contributed by atoms with Crippen molar-refractivity contribution >= 4 is 0 Å². The summed E-state index contributed by atoms with van der Waals surface area (Å²) < 4.78 is 10.6. The first-order valence-electron chi connectivity index (χ1n) is 3.42. The van der Waals surface area contributed by atoms with Crippen molar-refractivity contribution in [2.45, 2.75) is 25.0 Å². The summed E-state index contributed by atoms with van der Waals surface area (Å²) in [6.07, 6.45) is -0.750. The molecule has 4 nitrogen and oxygen atoms in total. The van der Waals surface area contributed by atoms with E-state index < -0.39 is 11.8 Å². The molecule has 3 atom stereocenters. The van der Waals surface area contributed by atoms with Crippen molar-refractivity contribution in [2.24, 2.45) is 0 Å². The molecule has 3 unspecified atom stereocenters. The van der Waals surface area contributed by atoms with Crippen LogP contribution in [-0.2, 0) is 9.47 Å². The van der Waals surface area contributed by atoms with Crippen molar-refractivity contribution in [3.63, 3.8) is 0 Å². The molecular weight excluding hydrogens is 134 g/mol. The Morgan fingerprint density at radius 3 is 3.20 bits per heavy atom. The van der Waals surface area contributed by atoms with Gasteiger partial charge in [0.15, 0.2) is 6.29 Å². The molecule has 2 bridgehead atoms. The zero-order valence-corrected chi connectivity index (χ0v) is 5.83. The number of hydrogen-bond acceptors (Lipinski definition) is 4. The Kier molecular flexibility index (Phi) is 1.25. The van der Waals surface area contributed by atoms with Crippen LogP contribution in [0, 0.1) is 0 Å². The SMILES string of the molecule is CC12COC(CNC1O)O2. The average molecular weight is 145 g/mol. The molecule has 0 saturated carbocycles. The molecule has 2 aliphatic heterocycles. The minimum Gasteiger partial charge on any atom is -0.375 e. The topological polar surface area (TPSA) is 50.7 Å². The number of aliphatic hydroxyl groups is 1. The molecule has 0 amide bonds. The third-order valence-corrected chi connectivity index (χ3v) is 2.01. The van der Waals surface area contributed by atoms with Gasteiger partial charge in [-0.05, 0) is 6.92 Å². The van der Waals surface area contributed by atoms with Gasteiger partial charge in [0, 0.05) is 6.54 Å². The van der Waals surface area contributed by atoms with Crippen molar-refractivity contribution < 1.29 is 14.6 Å². The maximum absolute atomic E-state index is 9.34. The maximum atomic E-state index is 9.34. The van der Waals surface area contributed by atoms with Gasteiger partial charge >= 0.3 is 0 Å². The van der Waals surface area contributed by atoms with Crippen LogP contribution >= 0.6 is 0 Å². The van der Waals surface area contributed by atoms with Gasteiger partial charge < -0.3 is 14.6 Å². The summed E-state index contributed by atoms with van der Waals surface area (Å²) in [7, 11) is 0. The van der Waals surface area contributed by atoms with E-state index in [9.17, 15) is 5.11 Å². The van der Waals surface area contributed by atoms with Gasteiger partial charge in [-0.25, -0.2) is 0 Å². The highest BCUT2D eigenvalue weighted by Crippen LogP contribution is 2.28. The summed E-state index contributed by atoms with van der Waals surface area (Å²) >= 11 is 0. The third-order valence-electron chi connectivity index (χ3n) is 2.01. The lowest BCUT2D eigenvalue weighted by Crippen LogP contribution is -2.55. The first kappa shape index (κ1) is 6.54. The van der Waals surface area contributed by atoms with E-state index in [1.54, 1.807) is 0 Å². The largest absolute Gasteiger partial charge is 0.375 e. The predicted octanol–water partition coefficient (Wildman–Crippen LogP) is -0.960. The Balaban J connectivity index is 2.17. The molecule has 0 radical (unpaired) electrons. The first-order chi connectivity index (χ1) is 4.71. The molecule has 0 spiro atoms. The molecule has 0 aliphatic carbocycles. The van der Waals surface area contributed by atoms with E-state index in [0.717, 1.165) is 0 Å². The van der Waals surface area contributed by atoms with Gasteiger partial charge in [-0.3, -0.25) is 5.32 Å². The van der Waals surface area contributed by atoms with Crippen molar-refractivity contribution in [1.82, 2.24) is 5.32 Å². The first-order valence-corrected chi connectivity index (χ1v) is 3.42. The van der Waals surface area contributed by atoms with Crippen molar-refractivity contribution in [2.75, 3.05) is 13.2 Å². The predicted molar refractivity (Wildman–Crippen MR) is 33.2 cm³/mol. The summed E-state index contributed by atoms with van der Waals surface area (Å²) in [5.74, 6) is 0. The number of fused-ring (bicyclic) bond motifs is 2. The number of hydrogen-bond donors (Lipinski definition) is 2. The molecule has 58 valence electrons. The summed E-state index contributed by atoms with van der Waals surface area (Å²) in [5.41, 5.74) is -0.525. The minimum atomic E-state index is -0.591. The Hall–Kier alpha value is -0.160. The Bertz CT molecular complexity index is 150. The van der Waals surface area contributed by atoms with Crippen LogP contribution < -0.4 is 5.32 Å². The van der Waals surface area contributed by atoms with E-state index in [0.29, 0.717) is 13.2 Å². The zero-order chi connectivity index (χ0) is 7.19. The van der Waals surface area contributed by atoms with Gasteiger partial charge in [0.25, 0.3) is 0 Å². The quantitative estimate of drug-likeness (QED) is 0.461. The molecular formula is C6H11NO3. The lowest BCUT2D eigenvalue weighted by molar-refractivity contribution is -0.163. The third kappa shape index (κ3) is 0.769. The van der Waals surface area contributed by atoms with Gasteiger partial charge in [-0.15, -0.1) is 0 Å². The monoisotopic (exact) mass is 145 g/mol. The molecule has 2 fully saturated rings. The highest BCUT2D eigenvalue weighted by Gasteiger charge is 2.46. The Labute approximate surface area is 59.1 Å². The van der Waals surface area contributed by atoms with E-state index in [1.807, 2.05) is 6.92 Å². The molecule has 2 N–H and O–H groups in total. The normalized spacial score (nSPS) is 53.4. The number of morpholine rings is 1. The molecule has 2 aliphatic rings. The van der Waals surface area contributed by atoms with Crippen molar-refractivity contribution in [3.05, 3.63) is 0 Å². The number of aliphatic hydroxyl groups excluding tert-OH is 1. The molecule has 2 rings (SSSR count). The van der Waals surface area contributed by atoms with Crippen LogP contribution in [-0.4, -0.2) is 36.4 Å². The molecule has 2 heterocycles. The number of ether oxygens (including phenoxy) is 2. The highest BCUT2D eigenvalue weighted by molar-refractivity contribution is 4.91. The summed E-state index contributed by atoms with van der Waals surface area (Å²) in [6.45, 7) is 2.90. The van der Waals surface area contributed by atoms with Crippen molar-refractivity contribution in [1.29, 1.82) is 0 Å². The number of nitrogens with one attached hydrogen (secondary N) is 1. The van der Waals surface area contributed by atoms with Crippen LogP contribution in [0.25, 0.3) is 0 Å². The van der Waals surface area contributed by atoms with E-state index >= 15 is 0 Å². The minimum absolute atomic E-state index is 0.159. The van der Waals surface area contributed by atoms with Crippen LogP contribution in [0.15, 0.2) is 0 Å². The summed E-state index contributed by atoms with van der Waals surface area (Å²) in [5, 5.41) is 12.2. The van der Waals surface area contributed by atoms with Crippen LogP contribution in [0.1, 0.15) is 6.92 Å². The second-order valence-electron chi connectivity index (χ2n) is 2.98. The lowest BCUT2D eigenvalue weighted by Gasteiger charge is -2.32. The summed E-state index contributed by atoms with van der Waals surface area (Å²) in [4.78, 5) is 0. The average Bonchev–Trinajstić information content (AvgIpc) is 2.22. The van der Waals surface area contributed by atoms with E-state index in [4.69, 9.17) is 9.47 Å². The second-order valence-corrected chi connectivity index (χ2v) is 2.98. The van der Waals surface area contributed by atoms with E-state index in [-0.39, 0.29) is 6.29 Å². The molecule has 0 aromatic heterocycles. The fraction of sp³-hybridized carbons (Fsp3) is 1.00. The fourth-order valence-corrected chi connectivity index (χ4v) is 1.29. The maximum Gasteiger partial charge on any atom is 0.171 e. The highest BCUT2D eigenvalue weighted by atomic mass is 16.7. The fourth-order valence-electron chi connectivity index (χ4n) is 1.29. The molecule has 10 heavy (non-hydrogen) atoms. The molecule has 0 aromatic carbocycles. The van der Waals surface area contributed by atoms with Crippen LogP contribution in [0.3, 0.4) is 0 Å². The van der Waals surface area contributed by atoms with Crippen molar-refractivity contribution in [3.8, 4) is 0 Å². The van der Waals surface area contributed by atoms with Crippen LogP contribution in [0.5, 0.6) is 0 Å². The lowest BCUT2D eigenvalue weighted by atomic mass is 10.1. The van der Waals surface area contributed by atoms with Crippen LogP contribution in [0.4, 0.5) is 0 Å². The van der Waals surface area contributed by atoms with Gasteiger partial charge in [0.2, 0.25) is 0 Å².